The van der Waals surface area contributed by atoms with Crippen LogP contribution in [-0.4, -0.2) is 38.1 Å². The minimum atomic E-state index is -2.94. The largest absolute Gasteiger partial charge is 0.493 e. The normalized spacial score (nSPS) is 12.7. The molecule has 2 rings (SSSR count). The SMILES string of the molecule is CC[C@H](C)[C@H](NC(=O)c1ccccc1)C(=O)NCCc1ccc(OC(F)F)c(OC)c1. The van der Waals surface area contributed by atoms with Crippen molar-refractivity contribution in [2.24, 2.45) is 5.92 Å². The van der Waals surface area contributed by atoms with Crippen molar-refractivity contribution in [3.8, 4) is 11.5 Å². The van der Waals surface area contributed by atoms with Crippen LogP contribution in [-0.2, 0) is 11.2 Å². The first kappa shape index (κ1) is 24.1. The number of rotatable bonds is 11. The number of hydrogen-bond acceptors (Lipinski definition) is 4. The van der Waals surface area contributed by atoms with E-state index in [2.05, 4.69) is 15.4 Å². The van der Waals surface area contributed by atoms with Crippen LogP contribution in [0.25, 0.3) is 0 Å². The Kier molecular flexibility index (Phi) is 9.24. The van der Waals surface area contributed by atoms with Crippen LogP contribution in [0, 0.1) is 5.92 Å². The molecule has 0 aromatic heterocycles. The molecule has 8 heteroatoms. The first-order valence-electron chi connectivity index (χ1n) is 10.1. The van der Waals surface area contributed by atoms with Gasteiger partial charge in [0.15, 0.2) is 11.5 Å². The number of nitrogens with one attached hydrogen (secondary N) is 2. The third-order valence-electron chi connectivity index (χ3n) is 4.98. The maximum atomic E-state index is 12.7. The van der Waals surface area contributed by atoms with Crippen LogP contribution in [0.5, 0.6) is 11.5 Å². The second-order valence-corrected chi connectivity index (χ2v) is 7.11. The molecule has 0 aliphatic carbocycles. The molecule has 0 saturated heterocycles. The van der Waals surface area contributed by atoms with Gasteiger partial charge in [-0.15, -0.1) is 0 Å². The van der Waals surface area contributed by atoms with E-state index in [9.17, 15) is 18.4 Å². The molecule has 168 valence electrons. The van der Waals surface area contributed by atoms with E-state index in [0.29, 0.717) is 18.5 Å². The zero-order valence-corrected chi connectivity index (χ0v) is 17.9. The fourth-order valence-corrected chi connectivity index (χ4v) is 3.02. The van der Waals surface area contributed by atoms with Crippen molar-refractivity contribution >= 4 is 11.8 Å². The topological polar surface area (TPSA) is 76.7 Å². The number of ether oxygens (including phenoxy) is 2. The molecular weight excluding hydrogens is 406 g/mol. The molecule has 2 N–H and O–H groups in total. The Bertz CT molecular complexity index is 862. The zero-order valence-electron chi connectivity index (χ0n) is 17.9. The monoisotopic (exact) mass is 434 g/mol. The summed E-state index contributed by atoms with van der Waals surface area (Å²) in [6.07, 6.45) is 1.17. The average Bonchev–Trinajstić information content (AvgIpc) is 2.77. The number of alkyl halides is 2. The van der Waals surface area contributed by atoms with E-state index in [0.717, 1.165) is 12.0 Å². The van der Waals surface area contributed by atoms with Crippen molar-refractivity contribution in [2.75, 3.05) is 13.7 Å². The first-order chi connectivity index (χ1) is 14.8. The maximum absolute atomic E-state index is 12.7. The number of carbonyl (C=O) groups excluding carboxylic acids is 2. The Morgan fingerprint density at radius 2 is 1.77 bits per heavy atom. The molecular formula is C23H28F2N2O4. The number of halogens is 2. The number of methoxy groups -OCH3 is 1. The molecule has 0 unspecified atom stereocenters. The average molecular weight is 434 g/mol. The van der Waals surface area contributed by atoms with Gasteiger partial charge in [-0.3, -0.25) is 9.59 Å². The standard InChI is InChI=1S/C23H28F2N2O4/c1-4-15(2)20(27-21(28)17-8-6-5-7-9-17)22(29)26-13-12-16-10-11-18(31-23(24)25)19(14-16)30-3/h5-11,14-15,20,23H,4,12-13H2,1-3H3,(H,26,29)(H,27,28)/t15-,20-/m0/s1. The molecule has 2 amide bonds. The number of amides is 2. The lowest BCUT2D eigenvalue weighted by atomic mass is 9.97. The smallest absolute Gasteiger partial charge is 0.387 e. The first-order valence-corrected chi connectivity index (χ1v) is 10.1. The van der Waals surface area contributed by atoms with Gasteiger partial charge in [-0.25, -0.2) is 0 Å². The minimum Gasteiger partial charge on any atom is -0.493 e. The third-order valence-corrected chi connectivity index (χ3v) is 4.98. The van der Waals surface area contributed by atoms with Crippen LogP contribution in [0.15, 0.2) is 48.5 Å². The Morgan fingerprint density at radius 3 is 2.39 bits per heavy atom. The molecule has 0 saturated carbocycles. The molecule has 2 aromatic rings. The van der Waals surface area contributed by atoms with Gasteiger partial charge in [0.2, 0.25) is 5.91 Å². The highest BCUT2D eigenvalue weighted by Gasteiger charge is 2.26. The number of hydrogen-bond donors (Lipinski definition) is 2. The molecule has 0 aliphatic heterocycles. The zero-order chi connectivity index (χ0) is 22.8. The molecule has 0 aliphatic rings. The summed E-state index contributed by atoms with van der Waals surface area (Å²) in [6.45, 7) is 1.23. The van der Waals surface area contributed by atoms with E-state index < -0.39 is 12.7 Å². The van der Waals surface area contributed by atoms with Gasteiger partial charge in [0, 0.05) is 12.1 Å². The van der Waals surface area contributed by atoms with Crippen molar-refractivity contribution in [1.29, 1.82) is 0 Å². The Morgan fingerprint density at radius 1 is 1.06 bits per heavy atom. The molecule has 0 spiro atoms. The van der Waals surface area contributed by atoms with Gasteiger partial charge in [-0.2, -0.15) is 8.78 Å². The third kappa shape index (κ3) is 7.24. The molecule has 2 atom stereocenters. The second kappa shape index (κ2) is 11.9. The highest BCUT2D eigenvalue weighted by atomic mass is 19.3. The van der Waals surface area contributed by atoms with E-state index >= 15 is 0 Å². The van der Waals surface area contributed by atoms with E-state index in [1.165, 1.54) is 13.2 Å². The summed E-state index contributed by atoms with van der Waals surface area (Å²) in [6, 6.07) is 12.7. The van der Waals surface area contributed by atoms with Gasteiger partial charge >= 0.3 is 6.61 Å². The van der Waals surface area contributed by atoms with Crippen LogP contribution >= 0.6 is 0 Å². The summed E-state index contributed by atoms with van der Waals surface area (Å²) < 4.78 is 34.4. The van der Waals surface area contributed by atoms with Crippen molar-refractivity contribution in [3.05, 3.63) is 59.7 Å². The fraction of sp³-hybridized carbons (Fsp3) is 0.391. The molecule has 31 heavy (non-hydrogen) atoms. The summed E-state index contributed by atoms with van der Waals surface area (Å²) in [5.41, 5.74) is 1.27. The molecule has 6 nitrogen and oxygen atoms in total. The van der Waals surface area contributed by atoms with Crippen LogP contribution in [0.1, 0.15) is 36.2 Å². The van der Waals surface area contributed by atoms with Crippen LogP contribution < -0.4 is 20.1 Å². The lowest BCUT2D eigenvalue weighted by Gasteiger charge is -2.23. The summed E-state index contributed by atoms with van der Waals surface area (Å²) in [4.78, 5) is 25.2. The van der Waals surface area contributed by atoms with Crippen LogP contribution in [0.2, 0.25) is 0 Å². The van der Waals surface area contributed by atoms with E-state index in [4.69, 9.17) is 4.74 Å². The quantitative estimate of drug-likeness (QED) is 0.564. The molecule has 0 heterocycles. The Labute approximate surface area is 180 Å². The summed E-state index contributed by atoms with van der Waals surface area (Å²) >= 11 is 0. The lowest BCUT2D eigenvalue weighted by Crippen LogP contribution is -2.50. The number of carbonyl (C=O) groups is 2. The van der Waals surface area contributed by atoms with Crippen molar-refractivity contribution in [3.63, 3.8) is 0 Å². The highest BCUT2D eigenvalue weighted by Crippen LogP contribution is 2.29. The van der Waals surface area contributed by atoms with Gasteiger partial charge < -0.3 is 20.1 Å². The van der Waals surface area contributed by atoms with Gasteiger partial charge in [0.05, 0.1) is 7.11 Å². The summed E-state index contributed by atoms with van der Waals surface area (Å²) in [5, 5.41) is 5.66. The fourth-order valence-electron chi connectivity index (χ4n) is 3.02. The van der Waals surface area contributed by atoms with Crippen LogP contribution in [0.4, 0.5) is 8.78 Å². The summed E-state index contributed by atoms with van der Waals surface area (Å²) in [5.74, 6) is -0.496. The van der Waals surface area contributed by atoms with Crippen molar-refractivity contribution in [1.82, 2.24) is 10.6 Å². The predicted molar refractivity (Wildman–Crippen MR) is 113 cm³/mol. The van der Waals surface area contributed by atoms with E-state index in [1.54, 1.807) is 36.4 Å². The predicted octanol–water partition coefficient (Wildman–Crippen LogP) is 3.80. The van der Waals surface area contributed by atoms with Gasteiger partial charge in [0.1, 0.15) is 6.04 Å². The second-order valence-electron chi connectivity index (χ2n) is 7.11. The minimum absolute atomic E-state index is 0.0502. The Balaban J connectivity index is 1.97. The van der Waals surface area contributed by atoms with Crippen molar-refractivity contribution in [2.45, 2.75) is 39.3 Å². The van der Waals surface area contributed by atoms with Crippen LogP contribution in [0.3, 0.4) is 0 Å². The molecule has 0 fully saturated rings. The maximum Gasteiger partial charge on any atom is 0.387 e. The summed E-state index contributed by atoms with van der Waals surface area (Å²) in [7, 11) is 1.37. The molecule has 0 radical (unpaired) electrons. The van der Waals surface area contributed by atoms with Gasteiger partial charge in [-0.05, 0) is 42.2 Å². The van der Waals surface area contributed by atoms with Crippen molar-refractivity contribution < 1.29 is 27.8 Å². The van der Waals surface area contributed by atoms with Gasteiger partial charge in [-0.1, -0.05) is 44.5 Å². The molecule has 0 bridgehead atoms. The number of benzene rings is 2. The Hall–Kier alpha value is -3.16. The van der Waals surface area contributed by atoms with E-state index in [1.807, 2.05) is 19.9 Å². The highest BCUT2D eigenvalue weighted by molar-refractivity contribution is 5.97. The van der Waals surface area contributed by atoms with Gasteiger partial charge in [0.25, 0.3) is 5.91 Å². The molecule has 2 aromatic carbocycles. The lowest BCUT2D eigenvalue weighted by molar-refractivity contribution is -0.124. The van der Waals surface area contributed by atoms with E-state index in [-0.39, 0.29) is 29.2 Å².